The molecule has 0 aromatic rings. The molecule has 2 N–H and O–H groups in total. The van der Waals surface area contributed by atoms with Gasteiger partial charge in [-0.1, -0.05) is 27.2 Å². The highest BCUT2D eigenvalue weighted by Gasteiger charge is 2.04. The molecule has 0 fully saturated rings. The Labute approximate surface area is 160 Å². The summed E-state index contributed by atoms with van der Waals surface area (Å²) >= 11 is 0. The summed E-state index contributed by atoms with van der Waals surface area (Å²) < 4.78 is 19.5. The second kappa shape index (κ2) is 29.0. The third-order valence-corrected chi connectivity index (χ3v) is 2.59. The minimum atomic E-state index is -0.0616. The van der Waals surface area contributed by atoms with Gasteiger partial charge in [0.2, 0.25) is 0 Å². The molecule has 160 valence electrons. The van der Waals surface area contributed by atoms with Crippen molar-refractivity contribution in [1.29, 1.82) is 0 Å². The maximum Gasteiger partial charge on any atom is 0.306 e. The van der Waals surface area contributed by atoms with Crippen molar-refractivity contribution in [1.82, 2.24) is 0 Å². The fourth-order valence-electron chi connectivity index (χ4n) is 1.38. The Kier molecular flexibility index (Phi) is 33.5. The molecule has 0 aromatic heterocycles. The highest BCUT2D eigenvalue weighted by Crippen LogP contribution is 2.01. The van der Waals surface area contributed by atoms with Crippen LogP contribution in [0.1, 0.15) is 53.9 Å². The van der Waals surface area contributed by atoms with E-state index in [1.807, 2.05) is 27.7 Å². The molecule has 0 atom stereocenters. The van der Waals surface area contributed by atoms with E-state index in [0.717, 1.165) is 26.1 Å². The first-order valence-electron chi connectivity index (χ1n) is 9.60. The summed E-state index contributed by atoms with van der Waals surface area (Å²) in [6.07, 6.45) is 2.60. The molecule has 0 radical (unpaired) electrons. The van der Waals surface area contributed by atoms with Gasteiger partial charge in [-0.05, 0) is 26.2 Å². The molecule has 0 aliphatic heterocycles. The highest BCUT2D eigenvalue weighted by atomic mass is 16.5. The van der Waals surface area contributed by atoms with Gasteiger partial charge in [0.15, 0.2) is 0 Å². The molecule has 0 bridgehead atoms. The molecular formula is C19H42O7. The van der Waals surface area contributed by atoms with E-state index < -0.39 is 0 Å². The second-order valence-electron chi connectivity index (χ2n) is 5.63. The molecule has 0 aromatic carbocycles. The highest BCUT2D eigenvalue weighted by molar-refractivity contribution is 5.69. The quantitative estimate of drug-likeness (QED) is 0.352. The Morgan fingerprint density at radius 3 is 1.62 bits per heavy atom. The van der Waals surface area contributed by atoms with Crippen molar-refractivity contribution in [2.75, 3.05) is 59.5 Å². The third kappa shape index (κ3) is 38.7. The summed E-state index contributed by atoms with van der Waals surface area (Å²) in [5.74, 6) is 0.345. The minimum Gasteiger partial charge on any atom is -0.466 e. The predicted octanol–water partition coefficient (Wildman–Crippen LogP) is 2.42. The van der Waals surface area contributed by atoms with Crippen molar-refractivity contribution in [3.63, 3.8) is 0 Å². The zero-order chi connectivity index (χ0) is 20.5. The summed E-state index contributed by atoms with van der Waals surface area (Å²) in [5.41, 5.74) is 0. The van der Waals surface area contributed by atoms with E-state index in [-0.39, 0.29) is 19.2 Å². The standard InChI is InChI=1S/C9H18O2.C6H14O4.C4H10O/c1-4-5-6-11-9(10)7-8(2)3;7-1-3-9-5-6-10-4-2-8;1-3-5-4-2/h8H,4-7H2,1-3H3;7-8H,1-6H2;3-4H2,1-2H3. The fourth-order valence-corrected chi connectivity index (χ4v) is 1.38. The molecular weight excluding hydrogens is 340 g/mol. The van der Waals surface area contributed by atoms with E-state index in [1.54, 1.807) is 0 Å². The van der Waals surface area contributed by atoms with Crippen LogP contribution in [-0.4, -0.2) is 75.6 Å². The van der Waals surface area contributed by atoms with Gasteiger partial charge in [0, 0.05) is 19.6 Å². The average molecular weight is 383 g/mol. The smallest absolute Gasteiger partial charge is 0.306 e. The number of carbonyl (C=O) groups excluding carboxylic acids is 1. The molecule has 0 unspecified atom stereocenters. The molecule has 0 saturated heterocycles. The lowest BCUT2D eigenvalue weighted by Crippen LogP contribution is -2.09. The van der Waals surface area contributed by atoms with Gasteiger partial charge in [0.25, 0.3) is 0 Å². The molecule has 0 saturated carbocycles. The summed E-state index contributed by atoms with van der Waals surface area (Å²) in [6, 6.07) is 0. The number of hydrogen-bond acceptors (Lipinski definition) is 7. The summed E-state index contributed by atoms with van der Waals surface area (Å²) in [7, 11) is 0. The lowest BCUT2D eigenvalue weighted by Gasteiger charge is -2.04. The van der Waals surface area contributed by atoms with Crippen LogP contribution in [0.15, 0.2) is 0 Å². The number of rotatable bonds is 14. The van der Waals surface area contributed by atoms with E-state index in [1.165, 1.54) is 0 Å². The van der Waals surface area contributed by atoms with Crippen LogP contribution in [0.2, 0.25) is 0 Å². The average Bonchev–Trinajstić information content (AvgIpc) is 2.59. The Morgan fingerprint density at radius 1 is 0.808 bits per heavy atom. The lowest BCUT2D eigenvalue weighted by molar-refractivity contribution is -0.144. The number of carbonyl (C=O) groups is 1. The van der Waals surface area contributed by atoms with Gasteiger partial charge in [-0.15, -0.1) is 0 Å². The van der Waals surface area contributed by atoms with Crippen molar-refractivity contribution in [3.8, 4) is 0 Å². The zero-order valence-electron chi connectivity index (χ0n) is 17.5. The van der Waals surface area contributed by atoms with Gasteiger partial charge >= 0.3 is 5.97 Å². The molecule has 0 amide bonds. The molecule has 0 aliphatic carbocycles. The molecule has 0 aliphatic rings. The van der Waals surface area contributed by atoms with Gasteiger partial charge < -0.3 is 29.2 Å². The summed E-state index contributed by atoms with van der Waals surface area (Å²) in [6.45, 7) is 14.1. The van der Waals surface area contributed by atoms with Crippen molar-refractivity contribution >= 4 is 5.97 Å². The first kappa shape index (κ1) is 30.0. The van der Waals surface area contributed by atoms with Crippen LogP contribution in [0, 0.1) is 5.92 Å². The summed E-state index contributed by atoms with van der Waals surface area (Å²) in [5, 5.41) is 16.5. The topological polar surface area (TPSA) is 94.5 Å². The number of aliphatic hydroxyl groups excluding tert-OH is 2. The van der Waals surface area contributed by atoms with Crippen molar-refractivity contribution in [2.24, 2.45) is 5.92 Å². The van der Waals surface area contributed by atoms with E-state index in [0.29, 0.717) is 45.4 Å². The number of hydrogen-bond donors (Lipinski definition) is 2. The lowest BCUT2D eigenvalue weighted by atomic mass is 10.1. The second-order valence-corrected chi connectivity index (χ2v) is 5.63. The SMILES string of the molecule is CCCCOC(=O)CC(C)C.CCOCC.OCCOCCOCCO. The van der Waals surface area contributed by atoms with Crippen LogP contribution in [0.4, 0.5) is 0 Å². The molecule has 0 rings (SSSR count). The number of aliphatic hydroxyl groups is 2. The summed E-state index contributed by atoms with van der Waals surface area (Å²) in [4.78, 5) is 10.9. The van der Waals surface area contributed by atoms with Crippen LogP contribution < -0.4 is 0 Å². The maximum absolute atomic E-state index is 10.9. The Bertz CT molecular complexity index is 238. The van der Waals surface area contributed by atoms with E-state index in [2.05, 4.69) is 6.92 Å². The van der Waals surface area contributed by atoms with Gasteiger partial charge in [0.1, 0.15) is 0 Å². The first-order chi connectivity index (χ1) is 12.5. The fraction of sp³-hybridized carbons (Fsp3) is 0.947. The van der Waals surface area contributed by atoms with Gasteiger partial charge in [0.05, 0.1) is 46.2 Å². The number of esters is 1. The van der Waals surface area contributed by atoms with Crippen LogP contribution >= 0.6 is 0 Å². The number of unbranched alkanes of at least 4 members (excludes halogenated alkanes) is 1. The molecule has 0 spiro atoms. The first-order valence-corrected chi connectivity index (χ1v) is 9.60. The molecule has 7 heteroatoms. The molecule has 0 heterocycles. The predicted molar refractivity (Wildman–Crippen MR) is 103 cm³/mol. The van der Waals surface area contributed by atoms with E-state index in [4.69, 9.17) is 29.2 Å². The zero-order valence-corrected chi connectivity index (χ0v) is 17.5. The largest absolute Gasteiger partial charge is 0.466 e. The normalized spacial score (nSPS) is 9.85. The van der Waals surface area contributed by atoms with Gasteiger partial charge in [-0.25, -0.2) is 0 Å². The van der Waals surface area contributed by atoms with Crippen LogP contribution in [0.5, 0.6) is 0 Å². The van der Waals surface area contributed by atoms with E-state index in [9.17, 15) is 4.79 Å². The number of ether oxygens (including phenoxy) is 4. The minimum absolute atomic E-state index is 0.0417. The Hall–Kier alpha value is -0.730. The van der Waals surface area contributed by atoms with Crippen molar-refractivity contribution in [3.05, 3.63) is 0 Å². The van der Waals surface area contributed by atoms with E-state index >= 15 is 0 Å². The Balaban J connectivity index is -0.000000327. The maximum atomic E-state index is 10.9. The van der Waals surface area contributed by atoms with Crippen molar-refractivity contribution in [2.45, 2.75) is 53.9 Å². The van der Waals surface area contributed by atoms with Gasteiger partial charge in [-0.2, -0.15) is 0 Å². The van der Waals surface area contributed by atoms with Crippen LogP contribution in [0.3, 0.4) is 0 Å². The van der Waals surface area contributed by atoms with Crippen molar-refractivity contribution < 1.29 is 34.0 Å². The Morgan fingerprint density at radius 2 is 1.31 bits per heavy atom. The third-order valence-electron chi connectivity index (χ3n) is 2.59. The molecule has 26 heavy (non-hydrogen) atoms. The van der Waals surface area contributed by atoms with Gasteiger partial charge in [-0.3, -0.25) is 4.79 Å². The molecule has 7 nitrogen and oxygen atoms in total. The monoisotopic (exact) mass is 382 g/mol. The van der Waals surface area contributed by atoms with Crippen LogP contribution in [0.25, 0.3) is 0 Å². The van der Waals surface area contributed by atoms with Crippen LogP contribution in [-0.2, 0) is 23.7 Å².